The summed E-state index contributed by atoms with van der Waals surface area (Å²) >= 11 is 6.09. The van der Waals surface area contributed by atoms with E-state index in [0.29, 0.717) is 16.4 Å². The molecule has 0 radical (unpaired) electrons. The molecule has 5 aromatic rings. The van der Waals surface area contributed by atoms with Crippen molar-refractivity contribution in [1.29, 1.82) is 0 Å². The van der Waals surface area contributed by atoms with Crippen LogP contribution in [0.25, 0.3) is 44.7 Å². The number of nitrogens with two attached hydrogens (primary N) is 1. The number of aromatic hydroxyl groups is 1. The van der Waals surface area contributed by atoms with Crippen LogP contribution < -0.4 is 5.73 Å². The molecule has 0 aliphatic heterocycles. The Hall–Kier alpha value is -3.83. The number of phenolic OH excluding ortho intramolecular Hbond substituents is 1. The van der Waals surface area contributed by atoms with Crippen LogP contribution in [-0.4, -0.2) is 20.1 Å². The van der Waals surface area contributed by atoms with Gasteiger partial charge in [0.15, 0.2) is 0 Å². The molecule has 6 heteroatoms. The van der Waals surface area contributed by atoms with Crippen LogP contribution >= 0.6 is 11.6 Å². The van der Waals surface area contributed by atoms with Crippen molar-refractivity contribution < 1.29 is 5.11 Å². The van der Waals surface area contributed by atoms with E-state index in [2.05, 4.69) is 21.0 Å². The highest BCUT2D eigenvalue weighted by Crippen LogP contribution is 2.39. The zero-order chi connectivity index (χ0) is 20.7. The third-order valence-corrected chi connectivity index (χ3v) is 5.25. The number of aromatic nitrogens is 3. The number of phenols is 1. The molecular formula is C24H17ClN4O. The number of benzene rings is 3. The average molecular weight is 413 g/mol. The molecule has 0 atom stereocenters. The summed E-state index contributed by atoms with van der Waals surface area (Å²) in [6.45, 7) is 0. The number of hydrogen-bond acceptors (Lipinski definition) is 4. The number of H-pyrrole nitrogens is 1. The Morgan fingerprint density at radius 3 is 2.23 bits per heavy atom. The van der Waals surface area contributed by atoms with Gasteiger partial charge in [-0.2, -0.15) is 0 Å². The summed E-state index contributed by atoms with van der Waals surface area (Å²) < 4.78 is 0. The molecule has 0 unspecified atom stereocenters. The summed E-state index contributed by atoms with van der Waals surface area (Å²) in [5.41, 5.74) is 12.2. The first-order valence-electron chi connectivity index (χ1n) is 9.39. The van der Waals surface area contributed by atoms with Crippen molar-refractivity contribution in [3.05, 3.63) is 83.9 Å². The fourth-order valence-electron chi connectivity index (χ4n) is 3.62. The summed E-state index contributed by atoms with van der Waals surface area (Å²) in [5.74, 6) is 0.380. The molecular weight excluding hydrogens is 396 g/mol. The standard InChI is InChI=1S/C24H17ClN4O/c25-16-9-5-15(6-10-16)23-22(18-3-1-2-4-19(18)27-23)21-13-20(28-24(26)29-21)14-7-11-17(30)12-8-14/h1-13,27,30H,(H2,26,28,29). The van der Waals surface area contributed by atoms with Gasteiger partial charge in [-0.05, 0) is 54.1 Å². The van der Waals surface area contributed by atoms with Crippen LogP contribution in [0, 0.1) is 0 Å². The maximum atomic E-state index is 9.59. The Bertz CT molecular complexity index is 1360. The van der Waals surface area contributed by atoms with Crippen LogP contribution in [0.3, 0.4) is 0 Å². The van der Waals surface area contributed by atoms with Crippen molar-refractivity contribution in [3.8, 4) is 39.5 Å². The van der Waals surface area contributed by atoms with Crippen molar-refractivity contribution in [2.45, 2.75) is 0 Å². The van der Waals surface area contributed by atoms with Gasteiger partial charge in [-0.1, -0.05) is 41.9 Å². The lowest BCUT2D eigenvalue weighted by molar-refractivity contribution is 0.475. The molecule has 0 saturated heterocycles. The van der Waals surface area contributed by atoms with Crippen molar-refractivity contribution >= 4 is 28.5 Å². The smallest absolute Gasteiger partial charge is 0.221 e. The van der Waals surface area contributed by atoms with Gasteiger partial charge in [0, 0.05) is 27.1 Å². The Morgan fingerprint density at radius 1 is 0.800 bits per heavy atom. The molecule has 0 spiro atoms. The zero-order valence-corrected chi connectivity index (χ0v) is 16.6. The minimum Gasteiger partial charge on any atom is -0.508 e. The lowest BCUT2D eigenvalue weighted by Gasteiger charge is -2.09. The number of hydrogen-bond donors (Lipinski definition) is 3. The van der Waals surface area contributed by atoms with Crippen LogP contribution in [0.4, 0.5) is 5.95 Å². The van der Waals surface area contributed by atoms with Crippen molar-refractivity contribution in [1.82, 2.24) is 15.0 Å². The van der Waals surface area contributed by atoms with Gasteiger partial charge in [-0.15, -0.1) is 0 Å². The van der Waals surface area contributed by atoms with E-state index in [1.165, 1.54) is 0 Å². The summed E-state index contributed by atoms with van der Waals surface area (Å²) in [5, 5.41) is 11.3. The molecule has 30 heavy (non-hydrogen) atoms. The molecule has 0 bridgehead atoms. The van der Waals surface area contributed by atoms with E-state index >= 15 is 0 Å². The van der Waals surface area contributed by atoms with Crippen molar-refractivity contribution in [2.24, 2.45) is 0 Å². The largest absolute Gasteiger partial charge is 0.508 e. The van der Waals surface area contributed by atoms with Crippen molar-refractivity contribution in [3.63, 3.8) is 0 Å². The minimum absolute atomic E-state index is 0.183. The Kier molecular flexibility index (Phi) is 4.38. The molecule has 0 aliphatic carbocycles. The first-order chi connectivity index (χ1) is 14.6. The van der Waals surface area contributed by atoms with Gasteiger partial charge in [-0.25, -0.2) is 9.97 Å². The molecule has 146 valence electrons. The Balaban J connectivity index is 1.76. The number of nitrogens with one attached hydrogen (secondary N) is 1. The Labute approximate surface area is 177 Å². The van der Waals surface area contributed by atoms with E-state index < -0.39 is 0 Å². The molecule has 3 aromatic carbocycles. The molecule has 0 fully saturated rings. The number of aromatic amines is 1. The number of nitrogens with zero attached hydrogens (tertiary/aromatic N) is 2. The lowest BCUT2D eigenvalue weighted by atomic mass is 10.0. The summed E-state index contributed by atoms with van der Waals surface area (Å²) in [6, 6.07) is 24.5. The first-order valence-corrected chi connectivity index (χ1v) is 9.77. The van der Waals surface area contributed by atoms with E-state index in [-0.39, 0.29) is 11.7 Å². The Morgan fingerprint density at radius 2 is 1.47 bits per heavy atom. The second-order valence-electron chi connectivity index (χ2n) is 6.97. The molecule has 5 nitrogen and oxygen atoms in total. The first kappa shape index (κ1) is 18.2. The van der Waals surface area contributed by atoms with Crippen LogP contribution in [0.5, 0.6) is 5.75 Å². The highest BCUT2D eigenvalue weighted by Gasteiger charge is 2.18. The lowest BCUT2D eigenvalue weighted by Crippen LogP contribution is -1.99. The third kappa shape index (κ3) is 3.25. The molecule has 2 heterocycles. The van der Waals surface area contributed by atoms with Crippen LogP contribution in [0.1, 0.15) is 0 Å². The van der Waals surface area contributed by atoms with E-state index in [1.54, 1.807) is 24.3 Å². The quantitative estimate of drug-likeness (QED) is 0.344. The fourth-order valence-corrected chi connectivity index (χ4v) is 3.74. The highest BCUT2D eigenvalue weighted by molar-refractivity contribution is 6.30. The van der Waals surface area contributed by atoms with E-state index in [4.69, 9.17) is 17.3 Å². The van der Waals surface area contributed by atoms with Crippen LogP contribution in [0.2, 0.25) is 5.02 Å². The SMILES string of the molecule is Nc1nc(-c2ccc(O)cc2)cc(-c2c(-c3ccc(Cl)cc3)[nH]c3ccccc23)n1. The number of fused-ring (bicyclic) bond motifs is 1. The van der Waals surface area contributed by atoms with Gasteiger partial charge in [-0.3, -0.25) is 0 Å². The van der Waals surface area contributed by atoms with Crippen LogP contribution in [0.15, 0.2) is 78.9 Å². The molecule has 0 aliphatic rings. The van der Waals surface area contributed by atoms with E-state index in [0.717, 1.165) is 33.3 Å². The second kappa shape index (κ2) is 7.21. The molecule has 2 aromatic heterocycles. The highest BCUT2D eigenvalue weighted by atomic mass is 35.5. The molecule has 0 amide bonds. The summed E-state index contributed by atoms with van der Waals surface area (Å²) in [7, 11) is 0. The number of rotatable bonds is 3. The molecule has 4 N–H and O–H groups in total. The van der Waals surface area contributed by atoms with Gasteiger partial charge in [0.1, 0.15) is 5.75 Å². The topological polar surface area (TPSA) is 87.8 Å². The zero-order valence-electron chi connectivity index (χ0n) is 15.8. The van der Waals surface area contributed by atoms with Crippen molar-refractivity contribution in [2.75, 3.05) is 5.73 Å². The maximum Gasteiger partial charge on any atom is 0.221 e. The van der Waals surface area contributed by atoms with Gasteiger partial charge >= 0.3 is 0 Å². The number of halogens is 1. The second-order valence-corrected chi connectivity index (χ2v) is 7.41. The maximum absolute atomic E-state index is 9.59. The normalized spacial score (nSPS) is 11.1. The fraction of sp³-hybridized carbons (Fsp3) is 0. The number of nitrogen functional groups attached to an aromatic ring is 1. The van der Waals surface area contributed by atoms with Gasteiger partial charge in [0.25, 0.3) is 0 Å². The third-order valence-electron chi connectivity index (χ3n) is 5.00. The summed E-state index contributed by atoms with van der Waals surface area (Å²) in [6.07, 6.45) is 0. The molecule has 5 rings (SSSR count). The monoisotopic (exact) mass is 412 g/mol. The van der Waals surface area contributed by atoms with Gasteiger partial charge < -0.3 is 15.8 Å². The predicted octanol–water partition coefficient (Wildman–Crippen LogP) is 5.90. The average Bonchev–Trinajstić information content (AvgIpc) is 3.14. The molecule has 0 saturated carbocycles. The van der Waals surface area contributed by atoms with Gasteiger partial charge in [0.2, 0.25) is 5.95 Å². The van der Waals surface area contributed by atoms with Crippen LogP contribution in [-0.2, 0) is 0 Å². The van der Waals surface area contributed by atoms with Gasteiger partial charge in [0.05, 0.1) is 17.1 Å². The number of anilines is 1. The minimum atomic E-state index is 0.183. The number of para-hydroxylation sites is 1. The predicted molar refractivity (Wildman–Crippen MR) is 121 cm³/mol. The summed E-state index contributed by atoms with van der Waals surface area (Å²) in [4.78, 5) is 12.4. The van der Waals surface area contributed by atoms with E-state index in [9.17, 15) is 5.11 Å². The van der Waals surface area contributed by atoms with E-state index in [1.807, 2.05) is 48.5 Å².